The number of allylic oxidation sites excluding steroid dienone is 1. The number of fused-ring (bicyclic) bond motifs is 1. The minimum absolute atomic E-state index is 0.00932. The summed E-state index contributed by atoms with van der Waals surface area (Å²) in [4.78, 5) is 40.9. The fraction of sp³-hybridized carbons (Fsp3) is 0.423. The number of hydrogen-bond acceptors (Lipinski definition) is 6. The van der Waals surface area contributed by atoms with Gasteiger partial charge in [0.25, 0.3) is 0 Å². The van der Waals surface area contributed by atoms with Crippen LogP contribution < -0.4 is 15.5 Å². The molecule has 8 nitrogen and oxygen atoms in total. The van der Waals surface area contributed by atoms with E-state index in [9.17, 15) is 14.4 Å². The molecule has 0 bridgehead atoms. The molecule has 1 saturated heterocycles. The van der Waals surface area contributed by atoms with Gasteiger partial charge in [-0.2, -0.15) is 0 Å². The summed E-state index contributed by atoms with van der Waals surface area (Å²) < 4.78 is 11.3. The van der Waals surface area contributed by atoms with Crippen molar-refractivity contribution in [2.45, 2.75) is 57.1 Å². The number of carbonyl (C=O) groups is 3. The summed E-state index contributed by atoms with van der Waals surface area (Å²) in [6.07, 6.45) is 5.53. The molecule has 3 aliphatic rings. The molecule has 3 heterocycles. The first-order chi connectivity index (χ1) is 16.6. The Morgan fingerprint density at radius 3 is 2.76 bits per heavy atom. The average molecular weight is 464 g/mol. The monoisotopic (exact) mass is 463 g/mol. The Hall–Kier alpha value is -3.39. The van der Waals surface area contributed by atoms with Gasteiger partial charge in [-0.25, -0.2) is 0 Å². The minimum atomic E-state index is -0.684. The number of carbonyl (C=O) groups excluding carboxylic acids is 3. The molecule has 0 radical (unpaired) electrons. The van der Waals surface area contributed by atoms with Gasteiger partial charge in [0.2, 0.25) is 11.8 Å². The van der Waals surface area contributed by atoms with Crippen LogP contribution in [0, 0.1) is 0 Å². The minimum Gasteiger partial charge on any atom is -0.467 e. The van der Waals surface area contributed by atoms with E-state index in [-0.39, 0.29) is 36.5 Å². The first-order valence-corrected chi connectivity index (χ1v) is 12.0. The summed E-state index contributed by atoms with van der Waals surface area (Å²) in [5, 5.41) is 6.29. The number of ether oxygens (including phenoxy) is 1. The molecule has 2 aromatic rings. The summed E-state index contributed by atoms with van der Waals surface area (Å²) in [6.45, 7) is 1.19. The molecule has 1 aliphatic carbocycles. The lowest BCUT2D eigenvalue weighted by atomic mass is 9.88. The maximum atomic E-state index is 13.7. The zero-order valence-corrected chi connectivity index (χ0v) is 19.0. The number of para-hydroxylation sites is 2. The van der Waals surface area contributed by atoms with Gasteiger partial charge in [-0.15, -0.1) is 0 Å². The van der Waals surface area contributed by atoms with Gasteiger partial charge < -0.3 is 19.8 Å². The molecule has 2 atom stereocenters. The van der Waals surface area contributed by atoms with Crippen molar-refractivity contribution >= 4 is 29.0 Å². The first-order valence-electron chi connectivity index (χ1n) is 12.0. The van der Waals surface area contributed by atoms with Gasteiger partial charge in [-0.05, 0) is 49.9 Å². The lowest BCUT2D eigenvalue weighted by Crippen LogP contribution is -2.39. The maximum Gasteiger partial charge on any atom is 0.228 e. The molecule has 5 rings (SSSR count). The predicted octanol–water partition coefficient (Wildman–Crippen LogP) is 3.86. The molecule has 1 fully saturated rings. The van der Waals surface area contributed by atoms with Gasteiger partial charge in [-0.3, -0.25) is 19.3 Å². The van der Waals surface area contributed by atoms with Crippen LogP contribution >= 0.6 is 0 Å². The largest absolute Gasteiger partial charge is 0.467 e. The number of furan rings is 1. The van der Waals surface area contributed by atoms with Crippen LogP contribution in [0.3, 0.4) is 0 Å². The summed E-state index contributed by atoms with van der Waals surface area (Å²) in [7, 11) is 0. The van der Waals surface area contributed by atoms with Crippen molar-refractivity contribution in [2.75, 3.05) is 23.4 Å². The molecule has 2 N–H and O–H groups in total. The molecular formula is C26H29N3O5. The molecule has 0 spiro atoms. The van der Waals surface area contributed by atoms with Crippen molar-refractivity contribution in [1.29, 1.82) is 0 Å². The van der Waals surface area contributed by atoms with Crippen LogP contribution in [0.5, 0.6) is 0 Å². The Labute approximate surface area is 198 Å². The maximum absolute atomic E-state index is 13.7. The highest BCUT2D eigenvalue weighted by Gasteiger charge is 2.40. The molecule has 178 valence electrons. The molecule has 1 aromatic heterocycles. The Kier molecular flexibility index (Phi) is 6.49. The van der Waals surface area contributed by atoms with Crippen LogP contribution in [0.1, 0.15) is 56.7 Å². The number of benzene rings is 1. The van der Waals surface area contributed by atoms with Gasteiger partial charge in [0, 0.05) is 43.7 Å². The lowest BCUT2D eigenvalue weighted by Gasteiger charge is -2.32. The van der Waals surface area contributed by atoms with Crippen molar-refractivity contribution in [3.63, 3.8) is 0 Å². The normalized spacial score (nSPS) is 22.0. The summed E-state index contributed by atoms with van der Waals surface area (Å²) in [6, 6.07) is 10.4. The average Bonchev–Trinajstić information content (AvgIpc) is 3.53. The van der Waals surface area contributed by atoms with Crippen molar-refractivity contribution in [1.82, 2.24) is 5.32 Å². The zero-order chi connectivity index (χ0) is 23.5. The fourth-order valence-corrected chi connectivity index (χ4v) is 4.99. The van der Waals surface area contributed by atoms with E-state index in [1.807, 2.05) is 24.3 Å². The second-order valence-electron chi connectivity index (χ2n) is 8.93. The van der Waals surface area contributed by atoms with Gasteiger partial charge in [0.1, 0.15) is 11.8 Å². The van der Waals surface area contributed by atoms with E-state index in [4.69, 9.17) is 9.15 Å². The predicted molar refractivity (Wildman–Crippen MR) is 126 cm³/mol. The van der Waals surface area contributed by atoms with Crippen molar-refractivity contribution in [3.8, 4) is 0 Å². The van der Waals surface area contributed by atoms with Crippen LogP contribution in [0.15, 0.2) is 58.3 Å². The highest BCUT2D eigenvalue weighted by atomic mass is 16.5. The van der Waals surface area contributed by atoms with E-state index in [0.717, 1.165) is 43.7 Å². The number of rotatable bonds is 6. The molecule has 2 amide bonds. The Balaban J connectivity index is 1.43. The van der Waals surface area contributed by atoms with Gasteiger partial charge in [0.05, 0.1) is 23.7 Å². The van der Waals surface area contributed by atoms with Gasteiger partial charge in [0.15, 0.2) is 5.78 Å². The van der Waals surface area contributed by atoms with E-state index < -0.39 is 6.04 Å². The number of Topliss-reactive ketones (excluding diaryl/α,β-unsaturated/α-hetero) is 1. The fourth-order valence-electron chi connectivity index (χ4n) is 4.99. The molecule has 0 saturated carbocycles. The number of nitrogens with one attached hydrogen (secondary N) is 2. The first kappa shape index (κ1) is 22.4. The third kappa shape index (κ3) is 4.50. The van der Waals surface area contributed by atoms with E-state index >= 15 is 0 Å². The highest BCUT2D eigenvalue weighted by Crippen LogP contribution is 2.45. The summed E-state index contributed by atoms with van der Waals surface area (Å²) in [5.41, 5.74) is 2.81. The summed E-state index contributed by atoms with van der Waals surface area (Å²) >= 11 is 0. The van der Waals surface area contributed by atoms with Crippen LogP contribution in [0.4, 0.5) is 11.4 Å². The molecule has 1 aromatic carbocycles. The van der Waals surface area contributed by atoms with E-state index in [0.29, 0.717) is 30.0 Å². The van der Waals surface area contributed by atoms with Crippen LogP contribution in [-0.4, -0.2) is 36.9 Å². The van der Waals surface area contributed by atoms with Gasteiger partial charge in [-0.1, -0.05) is 12.1 Å². The number of ketones is 1. The third-order valence-electron chi connectivity index (χ3n) is 6.64. The highest BCUT2D eigenvalue weighted by molar-refractivity contribution is 6.06. The van der Waals surface area contributed by atoms with E-state index in [2.05, 4.69) is 10.6 Å². The summed E-state index contributed by atoms with van der Waals surface area (Å²) in [5.74, 6) is 0.107. The Morgan fingerprint density at radius 2 is 1.97 bits per heavy atom. The number of amides is 2. The second-order valence-corrected chi connectivity index (χ2v) is 8.93. The lowest BCUT2D eigenvalue weighted by molar-refractivity contribution is -0.125. The van der Waals surface area contributed by atoms with Crippen molar-refractivity contribution in [3.05, 3.63) is 59.7 Å². The molecule has 34 heavy (non-hydrogen) atoms. The number of nitrogens with zero attached hydrogens (tertiary/aromatic N) is 1. The van der Waals surface area contributed by atoms with E-state index in [1.54, 1.807) is 23.3 Å². The van der Waals surface area contributed by atoms with Crippen LogP contribution in [0.25, 0.3) is 0 Å². The molecular weight excluding hydrogens is 434 g/mol. The topological polar surface area (TPSA) is 101 Å². The molecule has 8 heteroatoms. The SMILES string of the molecule is O=C(CCC(=O)N1c2ccccc2NC2=C(C(=O)CCC2)[C@@H]1c1ccco1)NC[C@@H]1CCCO1. The standard InChI is InChI=1S/C26H29N3O5/c30-21-10-3-8-19-25(21)26(22-11-5-15-34-22)29(20-9-2-1-7-18(20)28-19)24(32)13-12-23(31)27-16-17-6-4-14-33-17/h1-2,5,7,9,11,15,17,26,28H,3-4,6,8,10,12-14,16H2,(H,27,31)/t17-,26-/m0/s1. The molecule has 0 unspecified atom stereocenters. The van der Waals surface area contributed by atoms with Gasteiger partial charge >= 0.3 is 0 Å². The Morgan fingerprint density at radius 1 is 1.09 bits per heavy atom. The van der Waals surface area contributed by atoms with Crippen LogP contribution in [0.2, 0.25) is 0 Å². The second kappa shape index (κ2) is 9.85. The third-order valence-corrected chi connectivity index (χ3v) is 6.64. The van der Waals surface area contributed by atoms with Crippen molar-refractivity contribution in [2.24, 2.45) is 0 Å². The Bertz CT molecular complexity index is 1100. The smallest absolute Gasteiger partial charge is 0.228 e. The zero-order valence-electron chi connectivity index (χ0n) is 19.0. The van der Waals surface area contributed by atoms with E-state index in [1.165, 1.54) is 0 Å². The number of anilines is 2. The molecule has 2 aliphatic heterocycles. The van der Waals surface area contributed by atoms with Crippen LogP contribution in [-0.2, 0) is 19.1 Å². The quantitative estimate of drug-likeness (QED) is 0.675. The number of hydrogen-bond donors (Lipinski definition) is 2. The van der Waals surface area contributed by atoms with Crippen molar-refractivity contribution < 1.29 is 23.5 Å².